The van der Waals surface area contributed by atoms with Crippen LogP contribution in [0.1, 0.15) is 0 Å². The molecule has 3 nitrogen and oxygen atoms in total. The van der Waals surface area contributed by atoms with Crippen molar-refractivity contribution in [2.24, 2.45) is 0 Å². The van der Waals surface area contributed by atoms with Gasteiger partial charge >= 0.3 is 8.24 Å². The number of rotatable bonds is 4. The average Bonchev–Trinajstić information content (AvgIpc) is 3.42. The largest absolute Gasteiger partial charge is 0.398 e. The highest BCUT2D eigenvalue weighted by molar-refractivity contribution is 7.30. The van der Waals surface area contributed by atoms with Crippen LogP contribution in [0.2, 0.25) is 0 Å². The fourth-order valence-electron chi connectivity index (χ4n) is 8.37. The highest BCUT2D eigenvalue weighted by atomic mass is 31.1. The molecule has 56 heavy (non-hydrogen) atoms. The molecule has 10 aromatic carbocycles. The van der Waals surface area contributed by atoms with Gasteiger partial charge < -0.3 is 8.39 Å². The van der Waals surface area contributed by atoms with Crippen LogP contribution in [0.25, 0.3) is 110 Å². The maximum Gasteiger partial charge on any atom is 0.384 e. The summed E-state index contributed by atoms with van der Waals surface area (Å²) in [6, 6.07) is 68.5. The minimum atomic E-state index is -2.33. The van der Waals surface area contributed by atoms with E-state index in [-0.39, 0.29) is 0 Å². The minimum absolute atomic E-state index is 0.614. The molecule has 1 heterocycles. The Hall–Kier alpha value is -6.90. The fourth-order valence-corrected chi connectivity index (χ4v) is 9.10. The molecule has 11 aromatic rings. The monoisotopic (exact) mass is 736 g/mol. The van der Waals surface area contributed by atoms with E-state index >= 15 is 0 Å². The molecule has 0 spiro atoms. The molecule has 0 atom stereocenters. The molecule has 0 bridgehead atoms. The van der Waals surface area contributed by atoms with Gasteiger partial charge in [0.25, 0.3) is 0 Å². The van der Waals surface area contributed by atoms with Gasteiger partial charge in [0.15, 0.2) is 11.2 Å². The molecule has 0 aliphatic carbocycles. The van der Waals surface area contributed by atoms with Crippen LogP contribution in [-0.4, -0.2) is 4.89 Å². The van der Waals surface area contributed by atoms with Crippen LogP contribution in [-0.2, 0) is 0 Å². The number of hydrogen-bond acceptors (Lipinski definition) is 3. The lowest BCUT2D eigenvalue weighted by molar-refractivity contribution is 0.496. The number of benzene rings is 10. The Morgan fingerprint density at radius 3 is 1.07 bits per heavy atom. The predicted octanol–water partition coefficient (Wildman–Crippen LogP) is 15.3. The van der Waals surface area contributed by atoms with Crippen molar-refractivity contribution in [2.45, 2.75) is 0 Å². The van der Waals surface area contributed by atoms with Gasteiger partial charge in [-0.1, -0.05) is 170 Å². The summed E-state index contributed by atoms with van der Waals surface area (Å²) in [5.74, 6) is 0. The summed E-state index contributed by atoms with van der Waals surface area (Å²) in [6.07, 6.45) is 0. The van der Waals surface area contributed by atoms with Crippen LogP contribution in [0.5, 0.6) is 0 Å². The van der Waals surface area contributed by atoms with Crippen molar-refractivity contribution < 1.29 is 13.3 Å². The molecule has 1 aromatic heterocycles. The van der Waals surface area contributed by atoms with E-state index in [1.165, 1.54) is 21.5 Å². The summed E-state index contributed by atoms with van der Waals surface area (Å²) in [7, 11) is -2.33. The van der Waals surface area contributed by atoms with Crippen molar-refractivity contribution in [1.29, 1.82) is 0 Å². The van der Waals surface area contributed by atoms with Crippen LogP contribution >= 0.6 is 8.24 Å². The molecule has 0 saturated carbocycles. The Bertz CT molecular complexity index is 3140. The zero-order chi connectivity index (χ0) is 37.2. The second kappa shape index (κ2) is 13.1. The first-order valence-electron chi connectivity index (χ1n) is 18.8. The van der Waals surface area contributed by atoms with Crippen molar-refractivity contribution in [1.82, 2.24) is 0 Å². The number of fused-ring (bicyclic) bond motifs is 9. The first-order valence-corrected chi connectivity index (χ1v) is 19.9. The minimum Gasteiger partial charge on any atom is -0.398 e. The molecule has 0 radical (unpaired) electrons. The molecule has 11 rings (SSSR count). The maximum absolute atomic E-state index is 11.6. The van der Waals surface area contributed by atoms with E-state index in [4.69, 9.17) is 8.39 Å². The molecule has 0 fully saturated rings. The molecule has 1 N–H and O–H groups in total. The molecule has 4 heteroatoms. The predicted molar refractivity (Wildman–Crippen MR) is 236 cm³/mol. The van der Waals surface area contributed by atoms with E-state index in [1.54, 1.807) is 0 Å². The van der Waals surface area contributed by atoms with Crippen molar-refractivity contribution >= 4 is 73.3 Å². The lowest BCUT2D eigenvalue weighted by atomic mass is 9.91. The zero-order valence-electron chi connectivity index (χ0n) is 30.2. The van der Waals surface area contributed by atoms with Gasteiger partial charge in [-0.3, -0.25) is 4.89 Å². The van der Waals surface area contributed by atoms with Gasteiger partial charge in [-0.15, -0.1) is 0 Å². The third-order valence-corrected chi connectivity index (χ3v) is 11.8. The van der Waals surface area contributed by atoms with Gasteiger partial charge in [-0.2, -0.15) is 0 Å². The fraction of sp³-hybridized carbons (Fsp3) is 0. The van der Waals surface area contributed by atoms with E-state index in [2.05, 4.69) is 194 Å². The summed E-state index contributed by atoms with van der Waals surface area (Å²) in [4.78, 5) is 11.6. The first-order chi connectivity index (χ1) is 27.6. The third kappa shape index (κ3) is 5.48. The normalized spacial score (nSPS) is 11.7. The van der Waals surface area contributed by atoms with Crippen LogP contribution in [0.3, 0.4) is 0 Å². The summed E-state index contributed by atoms with van der Waals surface area (Å²) in [6.45, 7) is 0. The van der Waals surface area contributed by atoms with Gasteiger partial charge in [-0.05, 0) is 101 Å². The number of hydrogen-bond donors (Lipinski definition) is 1. The van der Waals surface area contributed by atoms with E-state index in [1.807, 2.05) is 0 Å². The van der Waals surface area contributed by atoms with Gasteiger partial charge in [0, 0.05) is 21.9 Å². The second-order valence-corrected chi connectivity index (χ2v) is 15.2. The van der Waals surface area contributed by atoms with Crippen molar-refractivity contribution in [3.63, 3.8) is 0 Å². The smallest absolute Gasteiger partial charge is 0.384 e. The van der Waals surface area contributed by atoms with E-state index in [0.29, 0.717) is 11.2 Å². The van der Waals surface area contributed by atoms with E-state index < -0.39 is 8.24 Å². The molecule has 0 saturated heterocycles. The summed E-state index contributed by atoms with van der Waals surface area (Å²) in [5.41, 5.74) is 9.60. The van der Waals surface area contributed by atoms with Gasteiger partial charge in [0.05, 0.1) is 0 Å². The molecule has 0 amide bonds. The standard InChI is InChI=1S/C52H33O3P/c53-56-54-51-47(37-23-17-35(18-24-37)41-27-21-33-9-1-3-11-39(33)29-41)31-43-13-5-7-15-45(43)49(51)50-46-16-8-6-14-44(46)32-48(52(50)55-56)38-25-19-36(20-26-38)42-28-22-34-10-2-4-12-40(34)30-42/h1-32,53H. The van der Waals surface area contributed by atoms with E-state index in [0.717, 1.165) is 76.8 Å². The average molecular weight is 737 g/mol. The molecule has 0 unspecified atom stereocenters. The van der Waals surface area contributed by atoms with Crippen LogP contribution in [0, 0.1) is 0 Å². The second-order valence-electron chi connectivity index (χ2n) is 14.4. The van der Waals surface area contributed by atoms with Gasteiger partial charge in [-0.25, -0.2) is 0 Å². The van der Waals surface area contributed by atoms with Gasteiger partial charge in [0.2, 0.25) is 0 Å². The highest BCUT2D eigenvalue weighted by Crippen LogP contribution is 2.47. The van der Waals surface area contributed by atoms with Crippen LogP contribution < -0.4 is 0 Å². The summed E-state index contributed by atoms with van der Waals surface area (Å²) < 4.78 is 13.1. The highest BCUT2D eigenvalue weighted by Gasteiger charge is 2.20. The first kappa shape index (κ1) is 32.5. The van der Waals surface area contributed by atoms with Crippen molar-refractivity contribution in [3.05, 3.63) is 194 Å². The quantitative estimate of drug-likeness (QED) is 0.196. The Kier molecular flexibility index (Phi) is 7.63. The SMILES string of the molecule is Op1oc2c(-c3ccc(-c4ccc5ccccc5c4)cc3)cc3ccccc3c2c2c(o1)c(-c1ccc(-c3ccc4ccccc4c3)cc1)cc1ccccc12. The Morgan fingerprint density at radius 2 is 0.643 bits per heavy atom. The maximum atomic E-state index is 11.6. The van der Waals surface area contributed by atoms with E-state index in [9.17, 15) is 4.89 Å². The molecular formula is C52H33O3P. The summed E-state index contributed by atoms with van der Waals surface area (Å²) >= 11 is 0. The molecule has 0 aliphatic rings. The lowest BCUT2D eigenvalue weighted by Gasteiger charge is -2.13. The Labute approximate surface area is 324 Å². The zero-order valence-corrected chi connectivity index (χ0v) is 31.1. The Balaban J connectivity index is 1.13. The van der Waals surface area contributed by atoms with Crippen LogP contribution in [0.15, 0.2) is 203 Å². The van der Waals surface area contributed by atoms with Crippen LogP contribution in [0.4, 0.5) is 0 Å². The van der Waals surface area contributed by atoms with Crippen molar-refractivity contribution in [2.75, 3.05) is 0 Å². The van der Waals surface area contributed by atoms with Crippen molar-refractivity contribution in [3.8, 4) is 44.5 Å². The lowest BCUT2D eigenvalue weighted by Crippen LogP contribution is -1.88. The van der Waals surface area contributed by atoms with Gasteiger partial charge in [0.1, 0.15) is 0 Å². The topological polar surface area (TPSA) is 46.5 Å². The molecular weight excluding hydrogens is 704 g/mol. The third-order valence-electron chi connectivity index (χ3n) is 11.1. The molecule has 0 aliphatic heterocycles. The summed E-state index contributed by atoms with van der Waals surface area (Å²) in [5, 5.41) is 10.9. The molecule has 264 valence electrons. The Morgan fingerprint density at radius 1 is 0.304 bits per heavy atom.